The lowest BCUT2D eigenvalue weighted by Crippen LogP contribution is -2.11. The molecule has 15 heavy (non-hydrogen) atoms. The molecule has 0 bridgehead atoms. The van der Waals surface area contributed by atoms with Crippen LogP contribution in [0, 0.1) is 13.8 Å². The zero-order chi connectivity index (χ0) is 10.8. The Kier molecular flexibility index (Phi) is 3.08. The summed E-state index contributed by atoms with van der Waals surface area (Å²) in [6.45, 7) is 8.56. The van der Waals surface area contributed by atoms with E-state index in [1.807, 2.05) is 11.3 Å². The van der Waals surface area contributed by atoms with E-state index in [2.05, 4.69) is 44.3 Å². The molecule has 2 heteroatoms. The van der Waals surface area contributed by atoms with Gasteiger partial charge in [-0.25, -0.2) is 0 Å². The minimum Gasteiger partial charge on any atom is -0.312 e. The van der Waals surface area contributed by atoms with Crippen LogP contribution in [0.3, 0.4) is 0 Å². The maximum Gasteiger partial charge on any atom is 0.0349 e. The summed E-state index contributed by atoms with van der Waals surface area (Å²) >= 11 is 1.91. The van der Waals surface area contributed by atoms with Crippen LogP contribution in [-0.2, 0) is 6.54 Å². The van der Waals surface area contributed by atoms with Crippen molar-refractivity contribution in [2.45, 2.75) is 27.3 Å². The van der Waals surface area contributed by atoms with E-state index < -0.39 is 0 Å². The van der Waals surface area contributed by atoms with Gasteiger partial charge in [0.05, 0.1) is 0 Å². The molecule has 0 fully saturated rings. The maximum absolute atomic E-state index is 3.39. The number of hydrogen-bond acceptors (Lipinski definition) is 2. The van der Waals surface area contributed by atoms with Crippen molar-refractivity contribution < 1.29 is 0 Å². The van der Waals surface area contributed by atoms with Crippen LogP contribution in [0.2, 0.25) is 0 Å². The van der Waals surface area contributed by atoms with E-state index in [9.17, 15) is 0 Å². The predicted molar refractivity (Wildman–Crippen MR) is 68.7 cm³/mol. The van der Waals surface area contributed by atoms with E-state index >= 15 is 0 Å². The van der Waals surface area contributed by atoms with Crippen LogP contribution >= 0.6 is 11.3 Å². The smallest absolute Gasteiger partial charge is 0.0349 e. The second kappa shape index (κ2) is 4.33. The lowest BCUT2D eigenvalue weighted by atomic mass is 10.1. The molecule has 1 nitrogen and oxygen atoms in total. The normalized spacial score (nSPS) is 11.1. The highest BCUT2D eigenvalue weighted by atomic mass is 32.1. The van der Waals surface area contributed by atoms with Crippen LogP contribution in [0.4, 0.5) is 0 Å². The molecule has 2 rings (SSSR count). The summed E-state index contributed by atoms with van der Waals surface area (Å²) in [6, 6.07) is 6.71. The molecule has 0 radical (unpaired) electrons. The van der Waals surface area contributed by atoms with Gasteiger partial charge in [-0.05, 0) is 37.4 Å². The molecule has 1 aromatic carbocycles. The second-order valence-corrected chi connectivity index (χ2v) is 5.07. The van der Waals surface area contributed by atoms with E-state index in [0.29, 0.717) is 0 Å². The van der Waals surface area contributed by atoms with Crippen LogP contribution in [0.15, 0.2) is 18.2 Å². The molecule has 1 aromatic heterocycles. The third-order valence-electron chi connectivity index (χ3n) is 2.73. The lowest BCUT2D eigenvalue weighted by molar-refractivity contribution is 0.733. The molecule has 0 saturated carbocycles. The number of nitrogens with one attached hydrogen (secondary N) is 1. The van der Waals surface area contributed by atoms with Crippen LogP contribution in [0.1, 0.15) is 22.9 Å². The molecular weight excluding hydrogens is 202 g/mol. The highest BCUT2D eigenvalue weighted by Crippen LogP contribution is 2.31. The van der Waals surface area contributed by atoms with Crippen molar-refractivity contribution in [2.24, 2.45) is 0 Å². The first-order valence-electron chi connectivity index (χ1n) is 5.41. The zero-order valence-corrected chi connectivity index (χ0v) is 10.4. The molecule has 2 aromatic rings. The van der Waals surface area contributed by atoms with E-state index in [1.54, 1.807) is 0 Å². The molecule has 1 heterocycles. The number of aryl methyl sites for hydroxylation is 2. The first kappa shape index (κ1) is 10.7. The van der Waals surface area contributed by atoms with E-state index in [4.69, 9.17) is 0 Å². The fraction of sp³-hybridized carbons (Fsp3) is 0.385. The van der Waals surface area contributed by atoms with E-state index in [-0.39, 0.29) is 0 Å². The van der Waals surface area contributed by atoms with Crippen LogP contribution in [0.25, 0.3) is 10.1 Å². The van der Waals surface area contributed by atoms with Gasteiger partial charge in [-0.2, -0.15) is 0 Å². The molecular formula is C13H17NS. The molecule has 1 N–H and O–H groups in total. The molecule has 0 aliphatic carbocycles. The van der Waals surface area contributed by atoms with Crippen molar-refractivity contribution >= 4 is 21.4 Å². The number of thiophene rings is 1. The van der Waals surface area contributed by atoms with E-state index in [1.165, 1.54) is 26.1 Å². The van der Waals surface area contributed by atoms with Gasteiger partial charge in [-0.3, -0.25) is 0 Å². The molecule has 0 saturated heterocycles. The Hall–Kier alpha value is -0.860. The number of fused-ring (bicyclic) bond motifs is 1. The zero-order valence-electron chi connectivity index (χ0n) is 9.55. The van der Waals surface area contributed by atoms with Gasteiger partial charge < -0.3 is 5.32 Å². The van der Waals surface area contributed by atoms with Crippen LogP contribution in [0.5, 0.6) is 0 Å². The van der Waals surface area contributed by atoms with Gasteiger partial charge in [0, 0.05) is 16.1 Å². The van der Waals surface area contributed by atoms with Gasteiger partial charge in [0.1, 0.15) is 0 Å². The fourth-order valence-corrected chi connectivity index (χ4v) is 2.95. The molecule has 0 atom stereocenters. The standard InChI is InChI=1S/C13H17NS/c1-4-14-8-13-10(3)11-7-9(2)5-6-12(11)15-13/h5-7,14H,4,8H2,1-3H3. The summed E-state index contributed by atoms with van der Waals surface area (Å²) in [4.78, 5) is 1.47. The minimum atomic E-state index is 1.00. The number of hydrogen-bond donors (Lipinski definition) is 1. The average Bonchev–Trinajstić information content (AvgIpc) is 2.53. The molecule has 80 valence electrons. The largest absolute Gasteiger partial charge is 0.312 e. The van der Waals surface area contributed by atoms with Crippen molar-refractivity contribution in [3.8, 4) is 0 Å². The molecule has 0 spiro atoms. The maximum atomic E-state index is 3.39. The number of benzene rings is 1. The monoisotopic (exact) mass is 219 g/mol. The van der Waals surface area contributed by atoms with Crippen molar-refractivity contribution in [3.63, 3.8) is 0 Å². The lowest BCUT2D eigenvalue weighted by Gasteiger charge is -1.99. The third-order valence-corrected chi connectivity index (χ3v) is 4.00. The van der Waals surface area contributed by atoms with Gasteiger partial charge in [0.15, 0.2) is 0 Å². The van der Waals surface area contributed by atoms with Gasteiger partial charge in [-0.15, -0.1) is 11.3 Å². The van der Waals surface area contributed by atoms with Crippen molar-refractivity contribution in [2.75, 3.05) is 6.54 Å². The molecule has 0 aliphatic heterocycles. The SMILES string of the molecule is CCNCc1sc2ccc(C)cc2c1C. The topological polar surface area (TPSA) is 12.0 Å². The van der Waals surface area contributed by atoms with Gasteiger partial charge in [0.25, 0.3) is 0 Å². The van der Waals surface area contributed by atoms with E-state index in [0.717, 1.165) is 13.1 Å². The quantitative estimate of drug-likeness (QED) is 0.831. The predicted octanol–water partition coefficient (Wildman–Crippen LogP) is 3.63. The third kappa shape index (κ3) is 2.06. The minimum absolute atomic E-state index is 1.00. The van der Waals surface area contributed by atoms with Gasteiger partial charge >= 0.3 is 0 Å². The summed E-state index contributed by atoms with van der Waals surface area (Å²) in [5, 5.41) is 4.82. The van der Waals surface area contributed by atoms with Crippen molar-refractivity contribution in [1.29, 1.82) is 0 Å². The average molecular weight is 219 g/mol. The molecule has 0 amide bonds. The summed E-state index contributed by atoms with van der Waals surface area (Å²) in [5.74, 6) is 0. The fourth-order valence-electron chi connectivity index (χ4n) is 1.79. The van der Waals surface area contributed by atoms with Gasteiger partial charge in [0.2, 0.25) is 0 Å². The Morgan fingerprint density at radius 1 is 1.27 bits per heavy atom. The van der Waals surface area contributed by atoms with Crippen molar-refractivity contribution in [3.05, 3.63) is 34.2 Å². The number of rotatable bonds is 3. The Bertz CT molecular complexity index is 471. The van der Waals surface area contributed by atoms with Crippen molar-refractivity contribution in [1.82, 2.24) is 5.32 Å². The van der Waals surface area contributed by atoms with Crippen LogP contribution < -0.4 is 5.32 Å². The summed E-state index contributed by atoms with van der Waals surface area (Å²) in [5.41, 5.74) is 2.79. The first-order chi connectivity index (χ1) is 7.22. The summed E-state index contributed by atoms with van der Waals surface area (Å²) < 4.78 is 1.41. The second-order valence-electron chi connectivity index (χ2n) is 3.93. The summed E-state index contributed by atoms with van der Waals surface area (Å²) in [6.07, 6.45) is 0. The molecule has 0 unspecified atom stereocenters. The highest BCUT2D eigenvalue weighted by Gasteiger charge is 2.07. The first-order valence-corrected chi connectivity index (χ1v) is 6.23. The Morgan fingerprint density at radius 3 is 2.80 bits per heavy atom. The summed E-state index contributed by atoms with van der Waals surface area (Å²) in [7, 11) is 0. The van der Waals surface area contributed by atoms with Crippen LogP contribution in [-0.4, -0.2) is 6.54 Å². The van der Waals surface area contributed by atoms with Gasteiger partial charge in [-0.1, -0.05) is 24.6 Å². The highest BCUT2D eigenvalue weighted by molar-refractivity contribution is 7.19. The Balaban J connectivity index is 2.45. The Morgan fingerprint density at radius 2 is 2.07 bits per heavy atom. The molecule has 0 aliphatic rings. The Labute approximate surface area is 95.1 Å².